The van der Waals surface area contributed by atoms with Gasteiger partial charge in [-0.1, -0.05) is 11.6 Å². The first-order chi connectivity index (χ1) is 16.0. The van der Waals surface area contributed by atoms with Crippen molar-refractivity contribution in [1.82, 2.24) is 0 Å². The number of nitro benzene ring substituents is 1. The van der Waals surface area contributed by atoms with Gasteiger partial charge in [-0.05, 0) is 67.1 Å². The number of nitrogens with one attached hydrogen (secondary N) is 2. The van der Waals surface area contributed by atoms with Crippen LogP contribution in [0.3, 0.4) is 0 Å². The van der Waals surface area contributed by atoms with Crippen LogP contribution in [0.4, 0.5) is 25.8 Å². The van der Waals surface area contributed by atoms with Crippen molar-refractivity contribution < 1.29 is 26.9 Å². The zero-order valence-corrected chi connectivity index (χ0v) is 19.0. The highest BCUT2D eigenvalue weighted by atomic mass is 35.5. The number of nitro groups is 1. The monoisotopic (exact) mass is 510 g/mol. The maximum atomic E-state index is 13.0. The first kappa shape index (κ1) is 24.9. The van der Waals surface area contributed by atoms with Crippen molar-refractivity contribution in [2.24, 2.45) is 5.10 Å². The fourth-order valence-corrected chi connectivity index (χ4v) is 4.11. The Kier molecular flexibility index (Phi) is 7.64. The topological polar surface area (TPSA) is 123 Å². The van der Waals surface area contributed by atoms with Gasteiger partial charge in [-0.2, -0.15) is 13.9 Å². The minimum absolute atomic E-state index is 0.0240. The number of rotatable bonds is 9. The second kappa shape index (κ2) is 10.4. The molecule has 0 fully saturated rings. The molecule has 178 valence electrons. The lowest BCUT2D eigenvalue weighted by molar-refractivity contribution is -0.385. The van der Waals surface area contributed by atoms with Crippen molar-refractivity contribution in [2.75, 3.05) is 10.1 Å². The van der Waals surface area contributed by atoms with Gasteiger partial charge in [0, 0.05) is 22.8 Å². The predicted molar refractivity (Wildman–Crippen MR) is 124 cm³/mol. The molecule has 0 aliphatic rings. The molecule has 3 aromatic carbocycles. The summed E-state index contributed by atoms with van der Waals surface area (Å²) in [7, 11) is -4.26. The molecule has 0 saturated carbocycles. The summed E-state index contributed by atoms with van der Waals surface area (Å²) in [6.07, 6.45) is 0. The molecule has 0 aliphatic heterocycles. The first-order valence-electron chi connectivity index (χ1n) is 9.47. The lowest BCUT2D eigenvalue weighted by atomic mass is 10.1. The number of hydrogen-bond donors (Lipinski definition) is 2. The number of alkyl halides is 2. The van der Waals surface area contributed by atoms with Gasteiger partial charge in [0.2, 0.25) is 0 Å². The second-order valence-electron chi connectivity index (χ2n) is 6.76. The van der Waals surface area contributed by atoms with E-state index < -0.39 is 32.1 Å². The zero-order chi connectivity index (χ0) is 24.9. The third-order valence-electron chi connectivity index (χ3n) is 4.40. The van der Waals surface area contributed by atoms with Gasteiger partial charge >= 0.3 is 6.61 Å². The van der Waals surface area contributed by atoms with Crippen molar-refractivity contribution >= 4 is 44.4 Å². The van der Waals surface area contributed by atoms with Crippen LogP contribution < -0.4 is 14.9 Å². The maximum absolute atomic E-state index is 13.0. The van der Waals surface area contributed by atoms with Crippen LogP contribution in [0.5, 0.6) is 5.75 Å². The number of anilines is 2. The quantitative estimate of drug-likeness (QED) is 0.223. The van der Waals surface area contributed by atoms with E-state index in [0.29, 0.717) is 16.3 Å². The van der Waals surface area contributed by atoms with E-state index in [1.165, 1.54) is 54.6 Å². The highest BCUT2D eigenvalue weighted by Gasteiger charge is 2.23. The molecule has 0 aromatic heterocycles. The second-order valence-corrected chi connectivity index (χ2v) is 8.85. The van der Waals surface area contributed by atoms with Crippen molar-refractivity contribution in [3.63, 3.8) is 0 Å². The van der Waals surface area contributed by atoms with Crippen molar-refractivity contribution in [3.05, 3.63) is 87.4 Å². The van der Waals surface area contributed by atoms with E-state index in [1.54, 1.807) is 6.92 Å². The number of nitrogens with zero attached hydrogens (tertiary/aromatic N) is 2. The fraction of sp³-hybridized carbons (Fsp3) is 0.0952. The highest BCUT2D eigenvalue weighted by molar-refractivity contribution is 7.92. The third-order valence-corrected chi connectivity index (χ3v) is 6.08. The molecule has 9 nitrogen and oxygen atoms in total. The molecule has 0 amide bonds. The van der Waals surface area contributed by atoms with Crippen LogP contribution in [0.15, 0.2) is 76.7 Å². The summed E-state index contributed by atoms with van der Waals surface area (Å²) in [5.74, 6) is -0.0310. The van der Waals surface area contributed by atoms with Gasteiger partial charge in [0.15, 0.2) is 0 Å². The molecular weight excluding hydrogens is 494 g/mol. The van der Waals surface area contributed by atoms with Gasteiger partial charge in [-0.25, -0.2) is 8.42 Å². The minimum atomic E-state index is -4.26. The lowest BCUT2D eigenvalue weighted by Crippen LogP contribution is -2.15. The summed E-state index contributed by atoms with van der Waals surface area (Å²) >= 11 is 5.82. The van der Waals surface area contributed by atoms with E-state index in [4.69, 9.17) is 11.6 Å². The summed E-state index contributed by atoms with van der Waals surface area (Å²) in [6.45, 7) is -1.35. The Hall–Kier alpha value is -3.77. The van der Waals surface area contributed by atoms with Gasteiger partial charge in [-0.3, -0.25) is 20.3 Å². The van der Waals surface area contributed by atoms with Crippen LogP contribution in [0, 0.1) is 10.1 Å². The van der Waals surface area contributed by atoms with E-state index in [0.717, 1.165) is 12.1 Å². The standard InChI is InChI=1S/C21H17ClF2N4O5S/c1-13(14-2-9-18(10-3-14)33-21(23)24)25-26-19-11-8-17(28(29)30)12-20(19)34(31,32)27-16-6-4-15(22)5-7-16/h2-12,21,26-27H,1H3. The summed E-state index contributed by atoms with van der Waals surface area (Å²) in [5, 5.41) is 15.7. The van der Waals surface area contributed by atoms with Gasteiger partial charge in [0.1, 0.15) is 10.6 Å². The van der Waals surface area contributed by atoms with Gasteiger partial charge in [-0.15, -0.1) is 0 Å². The molecule has 2 N–H and O–H groups in total. The van der Waals surface area contributed by atoms with Gasteiger partial charge in [0.05, 0.1) is 16.3 Å². The van der Waals surface area contributed by atoms with Crippen molar-refractivity contribution in [1.29, 1.82) is 0 Å². The maximum Gasteiger partial charge on any atom is 0.387 e. The lowest BCUT2D eigenvalue weighted by Gasteiger charge is -2.13. The Bertz CT molecular complexity index is 1320. The molecule has 13 heteroatoms. The molecule has 0 aliphatic carbocycles. The van der Waals surface area contributed by atoms with Crippen LogP contribution in [-0.2, 0) is 10.0 Å². The minimum Gasteiger partial charge on any atom is -0.435 e. The van der Waals surface area contributed by atoms with Crippen LogP contribution in [0.2, 0.25) is 5.02 Å². The predicted octanol–water partition coefficient (Wildman–Crippen LogP) is 5.49. The van der Waals surface area contributed by atoms with Crippen molar-refractivity contribution in [3.8, 4) is 5.75 Å². The Morgan fingerprint density at radius 1 is 1.09 bits per heavy atom. The molecule has 0 unspecified atom stereocenters. The van der Waals surface area contributed by atoms with Crippen LogP contribution in [0.1, 0.15) is 12.5 Å². The molecule has 0 bridgehead atoms. The van der Waals surface area contributed by atoms with E-state index >= 15 is 0 Å². The Morgan fingerprint density at radius 3 is 2.32 bits per heavy atom. The van der Waals surface area contributed by atoms with E-state index in [9.17, 15) is 27.3 Å². The van der Waals surface area contributed by atoms with E-state index in [-0.39, 0.29) is 17.1 Å². The largest absolute Gasteiger partial charge is 0.435 e. The first-order valence-corrected chi connectivity index (χ1v) is 11.3. The van der Waals surface area contributed by atoms with Crippen LogP contribution in [0.25, 0.3) is 0 Å². The SMILES string of the molecule is CC(=NNc1ccc([N+](=O)[O-])cc1S(=O)(=O)Nc1ccc(Cl)cc1)c1ccc(OC(F)F)cc1. The molecule has 0 heterocycles. The summed E-state index contributed by atoms with van der Waals surface area (Å²) in [4.78, 5) is 10.1. The molecule has 3 aromatic rings. The molecular formula is C21H17ClF2N4O5S. The smallest absolute Gasteiger partial charge is 0.387 e. The Morgan fingerprint density at radius 2 is 1.74 bits per heavy atom. The number of sulfonamides is 1. The molecule has 3 rings (SSSR count). The fourth-order valence-electron chi connectivity index (χ4n) is 2.75. The Labute approximate surface area is 198 Å². The Balaban J connectivity index is 1.90. The number of benzene rings is 3. The molecule has 0 spiro atoms. The number of non-ortho nitro benzene ring substituents is 1. The van der Waals surface area contributed by atoms with Crippen molar-refractivity contribution in [2.45, 2.75) is 18.4 Å². The van der Waals surface area contributed by atoms with Crippen LogP contribution in [-0.4, -0.2) is 25.7 Å². The number of ether oxygens (including phenoxy) is 1. The summed E-state index contributed by atoms with van der Waals surface area (Å²) in [5.41, 5.74) is 3.27. The van der Waals surface area contributed by atoms with E-state index in [2.05, 4.69) is 20.0 Å². The molecule has 0 saturated heterocycles. The summed E-state index contributed by atoms with van der Waals surface area (Å²) < 4.78 is 57.2. The van der Waals surface area contributed by atoms with Gasteiger partial charge in [0.25, 0.3) is 15.7 Å². The zero-order valence-electron chi connectivity index (χ0n) is 17.4. The van der Waals surface area contributed by atoms with Gasteiger partial charge < -0.3 is 4.74 Å². The van der Waals surface area contributed by atoms with Crippen LogP contribution >= 0.6 is 11.6 Å². The molecule has 0 radical (unpaired) electrons. The average Bonchev–Trinajstić information content (AvgIpc) is 2.78. The third kappa shape index (κ3) is 6.39. The average molecular weight is 511 g/mol. The summed E-state index contributed by atoms with van der Waals surface area (Å²) in [6, 6.07) is 14.7. The number of halogens is 3. The molecule has 0 atom stereocenters. The normalized spacial score (nSPS) is 11.9. The van der Waals surface area contributed by atoms with E-state index in [1.807, 2.05) is 0 Å². The highest BCUT2D eigenvalue weighted by Crippen LogP contribution is 2.29. The number of hydrazone groups is 1. The number of hydrogen-bond acceptors (Lipinski definition) is 7. The molecule has 34 heavy (non-hydrogen) atoms.